The Morgan fingerprint density at radius 1 is 1.39 bits per heavy atom. The van der Waals surface area contributed by atoms with E-state index < -0.39 is 17.7 Å². The van der Waals surface area contributed by atoms with Gasteiger partial charge in [0, 0.05) is 12.2 Å². The Labute approximate surface area is 103 Å². The second-order valence-electron chi connectivity index (χ2n) is 3.84. The number of nitrogens with one attached hydrogen (secondary N) is 1. The standard InChI is InChI=1S/C12H14F3NO2/c1-2-3-6-16-10-5-4-8(12(13,14)15)7-9(10)11(17)18/h4-5,7,16H,2-3,6H2,1H3,(H,17,18). The van der Waals surface area contributed by atoms with Gasteiger partial charge in [-0.15, -0.1) is 0 Å². The molecule has 0 aromatic heterocycles. The minimum atomic E-state index is -4.54. The zero-order chi connectivity index (χ0) is 13.8. The molecule has 0 bridgehead atoms. The first-order valence-electron chi connectivity index (χ1n) is 5.54. The molecule has 2 N–H and O–H groups in total. The van der Waals surface area contributed by atoms with Crippen molar-refractivity contribution < 1.29 is 23.1 Å². The zero-order valence-electron chi connectivity index (χ0n) is 9.84. The highest BCUT2D eigenvalue weighted by Crippen LogP contribution is 2.31. The first-order valence-corrected chi connectivity index (χ1v) is 5.54. The van der Waals surface area contributed by atoms with E-state index in [1.807, 2.05) is 6.92 Å². The lowest BCUT2D eigenvalue weighted by atomic mass is 10.1. The van der Waals surface area contributed by atoms with Gasteiger partial charge in [-0.25, -0.2) is 4.79 Å². The maximum atomic E-state index is 12.5. The summed E-state index contributed by atoms with van der Waals surface area (Å²) in [4.78, 5) is 10.9. The number of carboxylic acids is 1. The molecule has 0 fully saturated rings. The van der Waals surface area contributed by atoms with Crippen LogP contribution in [0.25, 0.3) is 0 Å². The molecule has 6 heteroatoms. The van der Waals surface area contributed by atoms with Crippen molar-refractivity contribution in [2.75, 3.05) is 11.9 Å². The first-order chi connectivity index (χ1) is 8.36. The number of benzene rings is 1. The third-order valence-corrected chi connectivity index (χ3v) is 2.42. The molecule has 0 spiro atoms. The van der Waals surface area contributed by atoms with E-state index in [9.17, 15) is 18.0 Å². The van der Waals surface area contributed by atoms with Crippen molar-refractivity contribution >= 4 is 11.7 Å². The quantitative estimate of drug-likeness (QED) is 0.796. The second-order valence-corrected chi connectivity index (χ2v) is 3.84. The summed E-state index contributed by atoms with van der Waals surface area (Å²) in [5, 5.41) is 11.7. The lowest BCUT2D eigenvalue weighted by molar-refractivity contribution is -0.137. The minimum Gasteiger partial charge on any atom is -0.478 e. The van der Waals surface area contributed by atoms with Crippen molar-refractivity contribution in [1.82, 2.24) is 0 Å². The number of hydrogen-bond acceptors (Lipinski definition) is 2. The predicted molar refractivity (Wildman–Crippen MR) is 61.8 cm³/mol. The Hall–Kier alpha value is -1.72. The maximum absolute atomic E-state index is 12.5. The number of aromatic carboxylic acids is 1. The average Bonchev–Trinajstić information content (AvgIpc) is 2.28. The van der Waals surface area contributed by atoms with Crippen molar-refractivity contribution in [1.29, 1.82) is 0 Å². The molecular weight excluding hydrogens is 247 g/mol. The van der Waals surface area contributed by atoms with Gasteiger partial charge in [0.05, 0.1) is 11.1 Å². The summed E-state index contributed by atoms with van der Waals surface area (Å²) in [6.07, 6.45) is -2.80. The number of alkyl halides is 3. The van der Waals surface area contributed by atoms with Crippen LogP contribution in [0.2, 0.25) is 0 Å². The van der Waals surface area contributed by atoms with Crippen LogP contribution in [0.1, 0.15) is 35.7 Å². The van der Waals surface area contributed by atoms with Gasteiger partial charge in [-0.1, -0.05) is 13.3 Å². The smallest absolute Gasteiger partial charge is 0.416 e. The predicted octanol–water partition coefficient (Wildman–Crippen LogP) is 3.62. The number of hydrogen-bond donors (Lipinski definition) is 2. The summed E-state index contributed by atoms with van der Waals surface area (Å²) in [7, 11) is 0. The molecule has 0 aliphatic rings. The van der Waals surface area contributed by atoms with Gasteiger partial charge < -0.3 is 10.4 Å². The summed E-state index contributed by atoms with van der Waals surface area (Å²) < 4.78 is 37.4. The summed E-state index contributed by atoms with van der Waals surface area (Å²) >= 11 is 0. The molecule has 0 aliphatic carbocycles. The zero-order valence-corrected chi connectivity index (χ0v) is 9.84. The van der Waals surface area contributed by atoms with Crippen LogP contribution < -0.4 is 5.32 Å². The molecule has 18 heavy (non-hydrogen) atoms. The molecule has 0 aliphatic heterocycles. The van der Waals surface area contributed by atoms with Gasteiger partial charge in [-0.05, 0) is 24.6 Å². The molecule has 0 unspecified atom stereocenters. The highest BCUT2D eigenvalue weighted by Gasteiger charge is 2.31. The molecule has 0 atom stereocenters. The number of unbranched alkanes of at least 4 members (excludes halogenated alkanes) is 1. The molecule has 1 aromatic rings. The Morgan fingerprint density at radius 3 is 2.56 bits per heavy atom. The van der Waals surface area contributed by atoms with E-state index in [-0.39, 0.29) is 11.3 Å². The summed E-state index contributed by atoms with van der Waals surface area (Å²) in [6, 6.07) is 2.68. The third-order valence-electron chi connectivity index (χ3n) is 2.42. The number of halogens is 3. The average molecular weight is 261 g/mol. The SMILES string of the molecule is CCCCNc1ccc(C(F)(F)F)cc1C(=O)O. The fraction of sp³-hybridized carbons (Fsp3) is 0.417. The van der Waals surface area contributed by atoms with Crippen molar-refractivity contribution in [2.24, 2.45) is 0 Å². The Bertz CT molecular complexity index is 430. The lowest BCUT2D eigenvalue weighted by Gasteiger charge is -2.12. The summed E-state index contributed by atoms with van der Waals surface area (Å²) in [5.41, 5.74) is -1.11. The normalized spacial score (nSPS) is 11.3. The van der Waals surface area contributed by atoms with Crippen LogP contribution in [0.5, 0.6) is 0 Å². The fourth-order valence-electron chi connectivity index (χ4n) is 1.45. The molecular formula is C12H14F3NO2. The number of rotatable bonds is 5. The van der Waals surface area contributed by atoms with Crippen molar-refractivity contribution in [3.05, 3.63) is 29.3 Å². The van der Waals surface area contributed by atoms with Crippen LogP contribution in [-0.2, 0) is 6.18 Å². The number of carboxylic acid groups (broad SMARTS) is 1. The van der Waals surface area contributed by atoms with Crippen LogP contribution in [0.15, 0.2) is 18.2 Å². The molecule has 0 saturated heterocycles. The highest BCUT2D eigenvalue weighted by molar-refractivity contribution is 5.94. The van der Waals surface area contributed by atoms with Gasteiger partial charge in [0.1, 0.15) is 0 Å². The van der Waals surface area contributed by atoms with Crippen LogP contribution in [0.3, 0.4) is 0 Å². The van der Waals surface area contributed by atoms with Gasteiger partial charge in [-0.2, -0.15) is 13.2 Å². The molecule has 1 rings (SSSR count). The lowest BCUT2D eigenvalue weighted by Crippen LogP contribution is -2.11. The van der Waals surface area contributed by atoms with Gasteiger partial charge in [0.15, 0.2) is 0 Å². The van der Waals surface area contributed by atoms with Crippen molar-refractivity contribution in [2.45, 2.75) is 25.9 Å². The van der Waals surface area contributed by atoms with Crippen LogP contribution >= 0.6 is 0 Å². The van der Waals surface area contributed by atoms with Crippen molar-refractivity contribution in [3.8, 4) is 0 Å². The largest absolute Gasteiger partial charge is 0.478 e. The van der Waals surface area contributed by atoms with E-state index in [4.69, 9.17) is 5.11 Å². The van der Waals surface area contributed by atoms with E-state index >= 15 is 0 Å². The summed E-state index contributed by atoms with van der Waals surface area (Å²) in [6.45, 7) is 2.49. The van der Waals surface area contributed by atoms with E-state index in [0.29, 0.717) is 12.6 Å². The Balaban J connectivity index is 3.01. The van der Waals surface area contributed by atoms with Gasteiger partial charge >= 0.3 is 12.1 Å². The maximum Gasteiger partial charge on any atom is 0.416 e. The molecule has 0 heterocycles. The highest BCUT2D eigenvalue weighted by atomic mass is 19.4. The fourth-order valence-corrected chi connectivity index (χ4v) is 1.45. The van der Waals surface area contributed by atoms with E-state index in [1.54, 1.807) is 0 Å². The molecule has 1 aromatic carbocycles. The van der Waals surface area contributed by atoms with E-state index in [0.717, 1.165) is 25.0 Å². The number of carbonyl (C=O) groups is 1. The molecule has 0 radical (unpaired) electrons. The Morgan fingerprint density at radius 2 is 2.06 bits per heavy atom. The molecule has 3 nitrogen and oxygen atoms in total. The molecule has 100 valence electrons. The van der Waals surface area contributed by atoms with Crippen LogP contribution in [0.4, 0.5) is 18.9 Å². The minimum absolute atomic E-state index is 0.212. The first kappa shape index (κ1) is 14.3. The monoisotopic (exact) mass is 261 g/mol. The second kappa shape index (κ2) is 5.75. The summed E-state index contributed by atoms with van der Waals surface area (Å²) in [5.74, 6) is -1.37. The Kier molecular flexibility index (Phi) is 4.58. The van der Waals surface area contributed by atoms with Gasteiger partial charge in [-0.3, -0.25) is 0 Å². The topological polar surface area (TPSA) is 49.3 Å². The van der Waals surface area contributed by atoms with Crippen LogP contribution in [0, 0.1) is 0 Å². The van der Waals surface area contributed by atoms with Crippen molar-refractivity contribution in [3.63, 3.8) is 0 Å². The molecule has 0 amide bonds. The van der Waals surface area contributed by atoms with E-state index in [1.165, 1.54) is 0 Å². The number of anilines is 1. The van der Waals surface area contributed by atoms with E-state index in [2.05, 4.69) is 5.32 Å². The van der Waals surface area contributed by atoms with Gasteiger partial charge in [0.2, 0.25) is 0 Å². The van der Waals surface area contributed by atoms with Crippen LogP contribution in [-0.4, -0.2) is 17.6 Å². The van der Waals surface area contributed by atoms with Gasteiger partial charge in [0.25, 0.3) is 0 Å². The third kappa shape index (κ3) is 3.65. The molecule has 0 saturated carbocycles.